The molecule has 0 atom stereocenters. The van der Waals surface area contributed by atoms with Crippen LogP contribution in [0.5, 0.6) is 0 Å². The molecule has 6 nitrogen and oxygen atoms in total. The highest BCUT2D eigenvalue weighted by atomic mass is 35.5. The van der Waals surface area contributed by atoms with E-state index in [0.29, 0.717) is 36.3 Å². The molecule has 1 aromatic heterocycles. The van der Waals surface area contributed by atoms with Crippen molar-refractivity contribution in [3.8, 4) is 0 Å². The van der Waals surface area contributed by atoms with Gasteiger partial charge in [0.1, 0.15) is 0 Å². The minimum atomic E-state index is -4.53. The summed E-state index contributed by atoms with van der Waals surface area (Å²) in [6.07, 6.45) is -2.88. The van der Waals surface area contributed by atoms with Gasteiger partial charge >= 0.3 is 12.1 Å². The van der Waals surface area contributed by atoms with Crippen molar-refractivity contribution in [1.82, 2.24) is 14.7 Å². The number of rotatable bonds is 5. The third-order valence-electron chi connectivity index (χ3n) is 6.68. The number of carboxylic acids is 1. The van der Waals surface area contributed by atoms with Crippen LogP contribution in [0.15, 0.2) is 24.3 Å². The number of likely N-dealkylation sites (tertiary alicyclic amines) is 1. The molecule has 1 fully saturated rings. The van der Waals surface area contributed by atoms with E-state index in [1.54, 1.807) is 12.1 Å². The molecule has 4 rings (SSSR count). The van der Waals surface area contributed by atoms with Gasteiger partial charge in [0.25, 0.3) is 5.91 Å². The molecule has 1 saturated heterocycles. The Balaban J connectivity index is 1.64. The Morgan fingerprint density at radius 2 is 1.81 bits per heavy atom. The summed E-state index contributed by atoms with van der Waals surface area (Å²) in [7, 11) is 0. The van der Waals surface area contributed by atoms with Gasteiger partial charge in [-0.1, -0.05) is 29.3 Å². The van der Waals surface area contributed by atoms with Gasteiger partial charge in [0.2, 0.25) is 0 Å². The van der Waals surface area contributed by atoms with Crippen molar-refractivity contribution in [3.05, 3.63) is 62.3 Å². The highest BCUT2D eigenvalue weighted by molar-refractivity contribution is 6.40. The molecule has 1 aliphatic heterocycles. The van der Waals surface area contributed by atoms with Crippen LogP contribution in [0.1, 0.15) is 52.0 Å². The van der Waals surface area contributed by atoms with Crippen molar-refractivity contribution in [1.29, 1.82) is 0 Å². The Bertz CT molecular complexity index is 1350. The van der Waals surface area contributed by atoms with Crippen LogP contribution >= 0.6 is 23.2 Å². The van der Waals surface area contributed by atoms with Crippen LogP contribution in [-0.2, 0) is 17.5 Å². The van der Waals surface area contributed by atoms with Crippen LogP contribution in [0.2, 0.25) is 10.0 Å². The maximum absolute atomic E-state index is 13.5. The number of hydrogen-bond acceptors (Lipinski definition) is 4. The number of hydrogen-bond donors (Lipinski definition) is 1. The van der Waals surface area contributed by atoms with Crippen LogP contribution in [0.4, 0.5) is 13.2 Å². The van der Waals surface area contributed by atoms with E-state index < -0.39 is 23.6 Å². The predicted octanol–water partition coefficient (Wildman–Crippen LogP) is 6.35. The molecule has 192 valence electrons. The number of aliphatic carboxylic acids is 1. The van der Waals surface area contributed by atoms with Gasteiger partial charge in [-0.2, -0.15) is 23.0 Å². The molecule has 11 heteroatoms. The average molecular weight is 542 g/mol. The maximum Gasteiger partial charge on any atom is 0.416 e. The first-order valence-corrected chi connectivity index (χ1v) is 12.1. The predicted molar refractivity (Wildman–Crippen MR) is 131 cm³/mol. The zero-order valence-corrected chi connectivity index (χ0v) is 21.1. The minimum absolute atomic E-state index is 0.0289. The third-order valence-corrected chi connectivity index (χ3v) is 7.42. The van der Waals surface area contributed by atoms with Crippen molar-refractivity contribution in [2.75, 3.05) is 13.1 Å². The summed E-state index contributed by atoms with van der Waals surface area (Å²) in [5.41, 5.74) is 0.732. The number of carbonyl (C=O) groups excluding carboxylic acids is 1. The first-order chi connectivity index (χ1) is 16.9. The second kappa shape index (κ2) is 10.0. The second-order valence-electron chi connectivity index (χ2n) is 9.20. The molecule has 0 radical (unpaired) electrons. The first kappa shape index (κ1) is 26.4. The van der Waals surface area contributed by atoms with Crippen molar-refractivity contribution < 1.29 is 27.9 Å². The van der Waals surface area contributed by atoms with E-state index in [1.165, 1.54) is 13.8 Å². The number of carbonyl (C=O) groups is 2. The fourth-order valence-electron chi connectivity index (χ4n) is 4.69. The van der Waals surface area contributed by atoms with E-state index in [9.17, 15) is 22.8 Å². The lowest BCUT2D eigenvalue weighted by atomic mass is 9.93. The molecule has 0 unspecified atom stereocenters. The summed E-state index contributed by atoms with van der Waals surface area (Å²) in [6.45, 7) is 4.89. The van der Waals surface area contributed by atoms with Gasteiger partial charge < -0.3 is 5.11 Å². The minimum Gasteiger partial charge on any atom is -0.481 e. The summed E-state index contributed by atoms with van der Waals surface area (Å²) >= 11 is 13.0. The molecule has 2 aromatic carbocycles. The highest BCUT2D eigenvalue weighted by Gasteiger charge is 2.32. The van der Waals surface area contributed by atoms with Crippen LogP contribution in [-0.4, -0.2) is 44.8 Å². The molecule has 2 heterocycles. The number of alkyl halides is 3. The molecule has 0 saturated carbocycles. The molecular weight excluding hydrogens is 518 g/mol. The van der Waals surface area contributed by atoms with E-state index in [0.717, 1.165) is 29.7 Å². The number of carboxylic acid groups (broad SMARTS) is 1. The van der Waals surface area contributed by atoms with Crippen molar-refractivity contribution in [2.45, 2.75) is 45.8 Å². The van der Waals surface area contributed by atoms with E-state index in [2.05, 4.69) is 10.00 Å². The fraction of sp³-hybridized carbons (Fsp3) is 0.400. The van der Waals surface area contributed by atoms with Crippen LogP contribution in [0.3, 0.4) is 0 Å². The number of fused-ring (bicyclic) bond motifs is 1. The Hall–Kier alpha value is -2.62. The molecule has 3 aromatic rings. The number of benzene rings is 2. The van der Waals surface area contributed by atoms with E-state index in [-0.39, 0.29) is 39.0 Å². The van der Waals surface area contributed by atoms with Crippen molar-refractivity contribution in [3.63, 3.8) is 0 Å². The Labute approximate surface area is 215 Å². The van der Waals surface area contributed by atoms with Gasteiger partial charge in [0, 0.05) is 18.4 Å². The summed E-state index contributed by atoms with van der Waals surface area (Å²) in [4.78, 5) is 26.6. The number of aromatic nitrogens is 2. The first-order valence-electron chi connectivity index (χ1n) is 11.4. The van der Waals surface area contributed by atoms with Crippen LogP contribution < -0.4 is 0 Å². The Morgan fingerprint density at radius 3 is 2.42 bits per heavy atom. The molecular formula is C25H24Cl2F3N3O3. The zero-order chi connectivity index (χ0) is 26.4. The van der Waals surface area contributed by atoms with Gasteiger partial charge in [-0.05, 0) is 75.0 Å². The van der Waals surface area contributed by atoms with Gasteiger partial charge in [-0.3, -0.25) is 14.5 Å². The van der Waals surface area contributed by atoms with Crippen molar-refractivity contribution >= 4 is 46.0 Å². The third kappa shape index (κ3) is 5.23. The maximum atomic E-state index is 13.5. The largest absolute Gasteiger partial charge is 0.481 e. The standard InChI is InChI=1S/C25H24Cl2F3N3O3/c1-13-9-17(25(28,29)30)11-18-14(2)33(31-23(13)18)24(36)21-19(26)4-3-16(22(21)27)12-32-7-5-15(6-8-32)10-20(34)35/h3-4,9,11,15H,5-8,10,12H2,1-2H3,(H,34,35). The monoisotopic (exact) mass is 541 g/mol. The Morgan fingerprint density at radius 1 is 1.14 bits per heavy atom. The number of nitrogens with zero attached hydrogens (tertiary/aromatic N) is 3. The van der Waals surface area contributed by atoms with E-state index >= 15 is 0 Å². The lowest BCUT2D eigenvalue weighted by Crippen LogP contribution is -2.34. The topological polar surface area (TPSA) is 75.4 Å². The SMILES string of the molecule is Cc1cc(C(F)(F)F)cc2c(C)n(C(=O)c3c(Cl)ccc(CN4CCC(CC(=O)O)CC4)c3Cl)nc12. The molecule has 1 aliphatic rings. The summed E-state index contributed by atoms with van der Waals surface area (Å²) < 4.78 is 41.0. The normalized spacial score (nSPS) is 15.5. The highest BCUT2D eigenvalue weighted by Crippen LogP contribution is 2.35. The number of piperidine rings is 1. The van der Waals surface area contributed by atoms with E-state index in [4.69, 9.17) is 28.3 Å². The molecule has 0 bridgehead atoms. The average Bonchev–Trinajstić information content (AvgIpc) is 3.13. The lowest BCUT2D eigenvalue weighted by molar-refractivity contribution is -0.139. The quantitative estimate of drug-likeness (QED) is 0.407. The molecule has 0 spiro atoms. The zero-order valence-electron chi connectivity index (χ0n) is 19.6. The van der Waals surface area contributed by atoms with Crippen LogP contribution in [0.25, 0.3) is 10.9 Å². The molecule has 36 heavy (non-hydrogen) atoms. The van der Waals surface area contributed by atoms with Gasteiger partial charge in [-0.25, -0.2) is 0 Å². The van der Waals surface area contributed by atoms with Crippen molar-refractivity contribution in [2.24, 2.45) is 5.92 Å². The number of aryl methyl sites for hydroxylation is 2. The molecule has 0 amide bonds. The second-order valence-corrected chi connectivity index (χ2v) is 9.99. The van der Waals surface area contributed by atoms with Crippen LogP contribution in [0, 0.1) is 19.8 Å². The number of halogens is 5. The molecule has 1 N–H and O–H groups in total. The smallest absolute Gasteiger partial charge is 0.416 e. The van der Waals surface area contributed by atoms with Gasteiger partial charge in [0.15, 0.2) is 0 Å². The summed E-state index contributed by atoms with van der Waals surface area (Å²) in [5.74, 6) is -1.30. The summed E-state index contributed by atoms with van der Waals surface area (Å²) in [6, 6.07) is 5.29. The fourth-order valence-corrected chi connectivity index (χ4v) is 5.29. The Kier molecular flexibility index (Phi) is 7.37. The lowest BCUT2D eigenvalue weighted by Gasteiger charge is -2.31. The van der Waals surface area contributed by atoms with Gasteiger partial charge in [0.05, 0.1) is 32.4 Å². The van der Waals surface area contributed by atoms with Gasteiger partial charge in [-0.15, -0.1) is 0 Å². The van der Waals surface area contributed by atoms with E-state index in [1.807, 2.05) is 0 Å². The summed E-state index contributed by atoms with van der Waals surface area (Å²) in [5, 5.41) is 13.8. The molecule has 0 aliphatic carbocycles.